The van der Waals surface area contributed by atoms with Crippen LogP contribution in [0.2, 0.25) is 0 Å². The molecular weight excluding hydrogens is 192 g/mol. The average molecular weight is 206 g/mol. The lowest BCUT2D eigenvalue weighted by atomic mass is 10.0. The summed E-state index contributed by atoms with van der Waals surface area (Å²) in [6.45, 7) is 6.06. The van der Waals surface area contributed by atoms with Crippen LogP contribution in [0.5, 0.6) is 0 Å². The molecule has 2 aromatic rings. The molecule has 1 aliphatic rings. The second-order valence-electron chi connectivity index (χ2n) is 4.49. The van der Waals surface area contributed by atoms with Gasteiger partial charge in [-0.3, -0.25) is 0 Å². The van der Waals surface area contributed by atoms with Gasteiger partial charge in [0.2, 0.25) is 0 Å². The van der Waals surface area contributed by atoms with Crippen molar-refractivity contribution in [2.75, 3.05) is 0 Å². The molecule has 2 aromatic carbocycles. The van der Waals surface area contributed by atoms with Crippen LogP contribution in [0.1, 0.15) is 23.6 Å². The summed E-state index contributed by atoms with van der Waals surface area (Å²) >= 11 is 0. The Balaban J connectivity index is 2.18. The molecule has 0 saturated carbocycles. The normalized spacial score (nSPS) is 12.1. The Kier molecular flexibility index (Phi) is 1.97. The zero-order chi connectivity index (χ0) is 11.1. The van der Waals surface area contributed by atoms with E-state index in [0.717, 1.165) is 12.0 Å². The van der Waals surface area contributed by atoms with Gasteiger partial charge in [-0.25, -0.2) is 0 Å². The minimum Gasteiger partial charge on any atom is -0.0955 e. The van der Waals surface area contributed by atoms with Crippen molar-refractivity contribution in [1.29, 1.82) is 0 Å². The quantitative estimate of drug-likeness (QED) is 0.557. The van der Waals surface area contributed by atoms with Crippen LogP contribution in [0.25, 0.3) is 16.7 Å². The Morgan fingerprint density at radius 1 is 1.00 bits per heavy atom. The van der Waals surface area contributed by atoms with Gasteiger partial charge in [0.15, 0.2) is 0 Å². The monoisotopic (exact) mass is 206 g/mol. The molecule has 1 aliphatic carbocycles. The summed E-state index contributed by atoms with van der Waals surface area (Å²) in [4.78, 5) is 0. The zero-order valence-electron chi connectivity index (χ0n) is 9.46. The summed E-state index contributed by atoms with van der Waals surface area (Å²) < 4.78 is 0. The van der Waals surface area contributed by atoms with Crippen molar-refractivity contribution in [1.82, 2.24) is 0 Å². The van der Waals surface area contributed by atoms with E-state index < -0.39 is 0 Å². The molecule has 0 radical (unpaired) electrons. The Labute approximate surface area is 96.3 Å². The third-order valence-corrected chi connectivity index (χ3v) is 3.29. The van der Waals surface area contributed by atoms with Crippen molar-refractivity contribution in [3.05, 3.63) is 65.7 Å². The molecule has 3 rings (SSSR count). The van der Waals surface area contributed by atoms with Crippen LogP contribution in [-0.2, 0) is 6.42 Å². The van der Waals surface area contributed by atoms with Crippen LogP contribution in [0, 0.1) is 0 Å². The molecular formula is C16H14. The summed E-state index contributed by atoms with van der Waals surface area (Å²) in [6, 6.07) is 15.3. The van der Waals surface area contributed by atoms with Crippen molar-refractivity contribution >= 4 is 5.57 Å². The van der Waals surface area contributed by atoms with Crippen molar-refractivity contribution < 1.29 is 0 Å². The van der Waals surface area contributed by atoms with E-state index in [4.69, 9.17) is 0 Å². The molecule has 0 amide bonds. The van der Waals surface area contributed by atoms with Gasteiger partial charge in [-0.15, -0.1) is 0 Å². The van der Waals surface area contributed by atoms with Gasteiger partial charge in [0.25, 0.3) is 0 Å². The number of hydrogen-bond acceptors (Lipinski definition) is 0. The highest BCUT2D eigenvalue weighted by atomic mass is 14.2. The summed E-state index contributed by atoms with van der Waals surface area (Å²) in [6.07, 6.45) is 1.06. The molecule has 0 heteroatoms. The number of benzene rings is 2. The first-order valence-corrected chi connectivity index (χ1v) is 5.63. The van der Waals surface area contributed by atoms with E-state index >= 15 is 0 Å². The molecule has 0 atom stereocenters. The SMILES string of the molecule is C=C(C)c1ccc2c(c1)Cc1ccccc1-2. The molecule has 0 unspecified atom stereocenters. The highest BCUT2D eigenvalue weighted by molar-refractivity contribution is 5.79. The average Bonchev–Trinajstić information content (AvgIpc) is 2.66. The molecule has 0 N–H and O–H groups in total. The van der Waals surface area contributed by atoms with E-state index in [1.807, 2.05) is 0 Å². The summed E-state index contributed by atoms with van der Waals surface area (Å²) in [5.41, 5.74) is 8.05. The number of hydrogen-bond donors (Lipinski definition) is 0. The summed E-state index contributed by atoms with van der Waals surface area (Å²) in [7, 11) is 0. The Morgan fingerprint density at radius 2 is 1.75 bits per heavy atom. The smallest absolute Gasteiger partial charge is 0.00132 e. The highest BCUT2D eigenvalue weighted by Gasteiger charge is 2.17. The minimum atomic E-state index is 1.06. The number of allylic oxidation sites excluding steroid dienone is 1. The molecule has 78 valence electrons. The van der Waals surface area contributed by atoms with E-state index in [1.165, 1.54) is 27.8 Å². The van der Waals surface area contributed by atoms with Gasteiger partial charge in [0.05, 0.1) is 0 Å². The summed E-state index contributed by atoms with van der Waals surface area (Å²) in [5.74, 6) is 0. The van der Waals surface area contributed by atoms with Crippen LogP contribution >= 0.6 is 0 Å². The predicted molar refractivity (Wildman–Crippen MR) is 69.4 cm³/mol. The molecule has 16 heavy (non-hydrogen) atoms. The largest absolute Gasteiger partial charge is 0.0955 e. The van der Waals surface area contributed by atoms with Gasteiger partial charge in [-0.1, -0.05) is 54.6 Å². The van der Waals surface area contributed by atoms with Gasteiger partial charge >= 0.3 is 0 Å². The van der Waals surface area contributed by atoms with E-state index in [2.05, 4.69) is 56.0 Å². The summed E-state index contributed by atoms with van der Waals surface area (Å²) in [5, 5.41) is 0. The second-order valence-corrected chi connectivity index (χ2v) is 4.49. The van der Waals surface area contributed by atoms with Crippen molar-refractivity contribution in [3.8, 4) is 11.1 Å². The van der Waals surface area contributed by atoms with Crippen molar-refractivity contribution in [2.24, 2.45) is 0 Å². The Hall–Kier alpha value is -1.82. The molecule has 0 heterocycles. The fourth-order valence-electron chi connectivity index (χ4n) is 2.41. The lowest BCUT2D eigenvalue weighted by Crippen LogP contribution is -1.84. The lowest BCUT2D eigenvalue weighted by molar-refractivity contribution is 1.26. The van der Waals surface area contributed by atoms with Crippen LogP contribution in [0.15, 0.2) is 49.0 Å². The van der Waals surface area contributed by atoms with Crippen LogP contribution in [0.3, 0.4) is 0 Å². The zero-order valence-corrected chi connectivity index (χ0v) is 9.46. The van der Waals surface area contributed by atoms with E-state index in [-0.39, 0.29) is 0 Å². The van der Waals surface area contributed by atoms with E-state index in [1.54, 1.807) is 0 Å². The van der Waals surface area contributed by atoms with Gasteiger partial charge in [-0.2, -0.15) is 0 Å². The maximum Gasteiger partial charge on any atom is -0.00132 e. The molecule has 0 fully saturated rings. The molecule has 0 spiro atoms. The van der Waals surface area contributed by atoms with Crippen molar-refractivity contribution in [2.45, 2.75) is 13.3 Å². The van der Waals surface area contributed by atoms with Crippen LogP contribution in [-0.4, -0.2) is 0 Å². The first-order chi connectivity index (χ1) is 7.75. The van der Waals surface area contributed by atoms with Gasteiger partial charge in [-0.05, 0) is 41.2 Å². The standard InChI is InChI=1S/C16H14/c1-11(2)12-7-8-16-14(9-12)10-13-5-3-4-6-15(13)16/h3-9H,1,10H2,2H3. The predicted octanol–water partition coefficient (Wildman–Crippen LogP) is 4.29. The topological polar surface area (TPSA) is 0 Å². The second kappa shape index (κ2) is 3.34. The molecule has 0 aliphatic heterocycles. The maximum atomic E-state index is 4.00. The van der Waals surface area contributed by atoms with E-state index in [0.29, 0.717) is 0 Å². The van der Waals surface area contributed by atoms with Crippen LogP contribution in [0.4, 0.5) is 0 Å². The molecule has 0 aromatic heterocycles. The molecule has 0 saturated heterocycles. The first kappa shape index (κ1) is 9.41. The Bertz CT molecular complexity index is 576. The fourth-order valence-corrected chi connectivity index (χ4v) is 2.41. The third kappa shape index (κ3) is 1.30. The Morgan fingerprint density at radius 3 is 2.56 bits per heavy atom. The van der Waals surface area contributed by atoms with E-state index in [9.17, 15) is 0 Å². The number of fused-ring (bicyclic) bond motifs is 3. The fraction of sp³-hybridized carbons (Fsp3) is 0.125. The lowest BCUT2D eigenvalue weighted by Gasteiger charge is -2.04. The molecule has 0 bridgehead atoms. The van der Waals surface area contributed by atoms with Crippen LogP contribution < -0.4 is 0 Å². The highest BCUT2D eigenvalue weighted by Crippen LogP contribution is 2.37. The van der Waals surface area contributed by atoms with Gasteiger partial charge in [0, 0.05) is 0 Å². The van der Waals surface area contributed by atoms with Gasteiger partial charge < -0.3 is 0 Å². The number of rotatable bonds is 1. The third-order valence-electron chi connectivity index (χ3n) is 3.29. The molecule has 0 nitrogen and oxygen atoms in total. The van der Waals surface area contributed by atoms with Crippen molar-refractivity contribution in [3.63, 3.8) is 0 Å². The minimum absolute atomic E-state index is 1.06. The van der Waals surface area contributed by atoms with Gasteiger partial charge in [0.1, 0.15) is 0 Å². The maximum absolute atomic E-state index is 4.00. The first-order valence-electron chi connectivity index (χ1n) is 5.63.